The monoisotopic (exact) mass is 269 g/mol. The van der Waals surface area contributed by atoms with E-state index < -0.39 is 0 Å². The second-order valence-corrected chi connectivity index (χ2v) is 7.85. The molecule has 0 aliphatic heterocycles. The zero-order chi connectivity index (χ0) is 12.8. The summed E-state index contributed by atoms with van der Waals surface area (Å²) in [5.74, 6) is 3.24. The van der Waals surface area contributed by atoms with Crippen molar-refractivity contribution >= 4 is 11.8 Å². The van der Waals surface area contributed by atoms with Crippen molar-refractivity contribution in [2.45, 2.75) is 76.0 Å². The van der Waals surface area contributed by atoms with Crippen LogP contribution in [0.3, 0.4) is 0 Å². The molecule has 0 amide bonds. The summed E-state index contributed by atoms with van der Waals surface area (Å²) >= 11 is 2.26. The fraction of sp³-hybridized carbons (Fsp3) is 1.00. The summed E-state index contributed by atoms with van der Waals surface area (Å²) in [5.41, 5.74) is 0. The molecule has 2 aliphatic rings. The molecule has 18 heavy (non-hydrogen) atoms. The number of nitrogens with one attached hydrogen (secondary N) is 1. The Hall–Kier alpha value is 0.310. The Labute approximate surface area is 118 Å². The first kappa shape index (κ1) is 14.7. The van der Waals surface area contributed by atoms with Crippen molar-refractivity contribution in [2.24, 2.45) is 11.8 Å². The van der Waals surface area contributed by atoms with Crippen LogP contribution in [0.15, 0.2) is 0 Å². The minimum atomic E-state index is 0.764. The third kappa shape index (κ3) is 4.45. The number of thioether (sulfide) groups is 1. The van der Waals surface area contributed by atoms with Crippen LogP contribution >= 0.6 is 11.8 Å². The van der Waals surface area contributed by atoms with E-state index in [4.69, 9.17) is 0 Å². The molecule has 3 unspecified atom stereocenters. The summed E-state index contributed by atoms with van der Waals surface area (Å²) in [7, 11) is 2.17. The molecule has 2 rings (SSSR count). The Morgan fingerprint density at radius 2 is 1.83 bits per heavy atom. The fourth-order valence-electron chi connectivity index (χ4n) is 3.77. The van der Waals surface area contributed by atoms with Crippen molar-refractivity contribution in [2.75, 3.05) is 12.8 Å². The highest BCUT2D eigenvalue weighted by molar-refractivity contribution is 7.99. The largest absolute Gasteiger partial charge is 0.316 e. The third-order valence-electron chi connectivity index (χ3n) is 4.98. The van der Waals surface area contributed by atoms with Gasteiger partial charge < -0.3 is 5.32 Å². The van der Waals surface area contributed by atoms with Gasteiger partial charge in [-0.15, -0.1) is 0 Å². The van der Waals surface area contributed by atoms with E-state index in [1.165, 1.54) is 63.5 Å². The number of rotatable bonds is 5. The second-order valence-electron chi connectivity index (χ2n) is 6.52. The Morgan fingerprint density at radius 3 is 2.50 bits per heavy atom. The van der Waals surface area contributed by atoms with Crippen molar-refractivity contribution < 1.29 is 0 Å². The predicted octanol–water partition coefficient (Wildman–Crippen LogP) is 4.47. The van der Waals surface area contributed by atoms with E-state index in [1.807, 2.05) is 0 Å². The highest BCUT2D eigenvalue weighted by atomic mass is 32.2. The predicted molar refractivity (Wildman–Crippen MR) is 83.3 cm³/mol. The van der Waals surface area contributed by atoms with Gasteiger partial charge in [-0.05, 0) is 44.6 Å². The maximum atomic E-state index is 3.61. The lowest BCUT2D eigenvalue weighted by Crippen LogP contribution is -2.38. The van der Waals surface area contributed by atoms with Gasteiger partial charge >= 0.3 is 0 Å². The average molecular weight is 269 g/mol. The van der Waals surface area contributed by atoms with Crippen LogP contribution in [0.5, 0.6) is 0 Å². The molecule has 0 aromatic rings. The summed E-state index contributed by atoms with van der Waals surface area (Å²) in [6.45, 7) is 2.44. The van der Waals surface area contributed by atoms with E-state index in [9.17, 15) is 0 Å². The van der Waals surface area contributed by atoms with E-state index in [0.717, 1.165) is 23.1 Å². The molecule has 2 fully saturated rings. The zero-order valence-electron chi connectivity index (χ0n) is 12.3. The quantitative estimate of drug-likeness (QED) is 0.790. The van der Waals surface area contributed by atoms with E-state index in [2.05, 4.69) is 31.1 Å². The molecule has 2 aliphatic carbocycles. The number of hydrogen-bond acceptors (Lipinski definition) is 2. The summed E-state index contributed by atoms with van der Waals surface area (Å²) in [4.78, 5) is 0. The van der Waals surface area contributed by atoms with E-state index >= 15 is 0 Å². The van der Waals surface area contributed by atoms with Gasteiger partial charge in [0.1, 0.15) is 0 Å². The molecule has 0 saturated heterocycles. The normalized spacial score (nSPS) is 32.3. The highest BCUT2D eigenvalue weighted by Crippen LogP contribution is 2.34. The van der Waals surface area contributed by atoms with Crippen LogP contribution in [0.4, 0.5) is 0 Å². The van der Waals surface area contributed by atoms with Gasteiger partial charge in [0.15, 0.2) is 0 Å². The molecule has 0 aromatic heterocycles. The van der Waals surface area contributed by atoms with Crippen molar-refractivity contribution in [3.05, 3.63) is 0 Å². The molecule has 1 N–H and O–H groups in total. The minimum Gasteiger partial charge on any atom is -0.316 e. The average Bonchev–Trinajstić information content (AvgIpc) is 2.41. The molecule has 0 heterocycles. The minimum absolute atomic E-state index is 0.764. The van der Waals surface area contributed by atoms with Gasteiger partial charge in [-0.1, -0.05) is 39.0 Å². The molecule has 0 spiro atoms. The molecule has 106 valence electrons. The van der Waals surface area contributed by atoms with Crippen LogP contribution in [-0.2, 0) is 0 Å². The molecule has 2 saturated carbocycles. The van der Waals surface area contributed by atoms with Crippen LogP contribution in [0.2, 0.25) is 0 Å². The lowest BCUT2D eigenvalue weighted by molar-refractivity contribution is 0.240. The fourth-order valence-corrected chi connectivity index (χ4v) is 5.36. The topological polar surface area (TPSA) is 12.0 Å². The van der Waals surface area contributed by atoms with Gasteiger partial charge in [-0.2, -0.15) is 11.8 Å². The highest BCUT2D eigenvalue weighted by Gasteiger charge is 2.26. The molecule has 0 aromatic carbocycles. The molecular formula is C16H31NS. The number of hydrogen-bond donors (Lipinski definition) is 1. The standard InChI is InChI=1S/C16H31NS/c1-13-7-6-8-14(11-13)16(17-2)12-18-15-9-4-3-5-10-15/h13-17H,3-12H2,1-2H3. The Balaban J connectivity index is 1.73. The summed E-state index contributed by atoms with van der Waals surface area (Å²) < 4.78 is 0. The van der Waals surface area contributed by atoms with Crippen LogP contribution in [-0.4, -0.2) is 24.1 Å². The lowest BCUT2D eigenvalue weighted by atomic mass is 9.79. The molecule has 1 nitrogen and oxygen atoms in total. The van der Waals surface area contributed by atoms with E-state index in [1.54, 1.807) is 0 Å². The zero-order valence-corrected chi connectivity index (χ0v) is 13.1. The molecule has 0 bridgehead atoms. The molecule has 0 radical (unpaired) electrons. The first-order chi connectivity index (χ1) is 8.79. The van der Waals surface area contributed by atoms with Crippen molar-refractivity contribution in [3.63, 3.8) is 0 Å². The van der Waals surface area contributed by atoms with Crippen molar-refractivity contribution in [1.82, 2.24) is 5.32 Å². The SMILES string of the molecule is CNC(CSC1CCCCC1)C1CCCC(C)C1. The Kier molecular flexibility index (Phi) is 6.37. The van der Waals surface area contributed by atoms with Crippen molar-refractivity contribution in [1.29, 1.82) is 0 Å². The van der Waals surface area contributed by atoms with Gasteiger partial charge in [0, 0.05) is 17.0 Å². The van der Waals surface area contributed by atoms with Gasteiger partial charge in [0.2, 0.25) is 0 Å². The Morgan fingerprint density at radius 1 is 1.06 bits per heavy atom. The first-order valence-corrected chi connectivity index (χ1v) is 9.13. The first-order valence-electron chi connectivity index (χ1n) is 8.08. The second kappa shape index (κ2) is 7.79. The van der Waals surface area contributed by atoms with Crippen LogP contribution in [0.1, 0.15) is 64.7 Å². The van der Waals surface area contributed by atoms with Gasteiger partial charge in [-0.25, -0.2) is 0 Å². The summed E-state index contributed by atoms with van der Waals surface area (Å²) in [6, 6.07) is 0.764. The van der Waals surface area contributed by atoms with E-state index in [-0.39, 0.29) is 0 Å². The van der Waals surface area contributed by atoms with Crippen LogP contribution in [0, 0.1) is 11.8 Å². The van der Waals surface area contributed by atoms with Crippen LogP contribution < -0.4 is 5.32 Å². The van der Waals surface area contributed by atoms with Gasteiger partial charge in [-0.3, -0.25) is 0 Å². The van der Waals surface area contributed by atoms with E-state index in [0.29, 0.717) is 0 Å². The molecule has 3 atom stereocenters. The van der Waals surface area contributed by atoms with Gasteiger partial charge in [0.05, 0.1) is 0 Å². The summed E-state index contributed by atoms with van der Waals surface area (Å²) in [6.07, 6.45) is 13.2. The molecule has 2 heteroatoms. The van der Waals surface area contributed by atoms with Crippen LogP contribution in [0.25, 0.3) is 0 Å². The van der Waals surface area contributed by atoms with Gasteiger partial charge in [0.25, 0.3) is 0 Å². The smallest absolute Gasteiger partial charge is 0.0183 e. The molecular weight excluding hydrogens is 238 g/mol. The van der Waals surface area contributed by atoms with Crippen molar-refractivity contribution in [3.8, 4) is 0 Å². The third-order valence-corrected chi connectivity index (χ3v) is 6.47. The Bertz CT molecular complexity index is 225. The maximum absolute atomic E-state index is 3.61. The maximum Gasteiger partial charge on any atom is 0.0183 e. The summed E-state index contributed by atoms with van der Waals surface area (Å²) in [5, 5.41) is 4.58. The lowest BCUT2D eigenvalue weighted by Gasteiger charge is -2.34.